The van der Waals surface area contributed by atoms with E-state index < -0.39 is 0 Å². The van der Waals surface area contributed by atoms with Crippen molar-refractivity contribution >= 4 is 22.4 Å². The average Bonchev–Trinajstić information content (AvgIpc) is 2.95. The van der Waals surface area contributed by atoms with Crippen molar-refractivity contribution in [2.45, 2.75) is 25.3 Å². The lowest BCUT2D eigenvalue weighted by Gasteiger charge is -2.45. The van der Waals surface area contributed by atoms with Gasteiger partial charge in [0.15, 0.2) is 0 Å². The molecule has 20 heavy (non-hydrogen) atoms. The quantitative estimate of drug-likeness (QED) is 0.886. The van der Waals surface area contributed by atoms with Crippen LogP contribution in [0.4, 0.5) is 5.13 Å². The number of anilines is 1. The smallest absolute Gasteiger partial charge is 0.284 e. The van der Waals surface area contributed by atoms with Crippen LogP contribution in [0.3, 0.4) is 0 Å². The van der Waals surface area contributed by atoms with E-state index in [1.54, 1.807) is 7.05 Å². The Morgan fingerprint density at radius 1 is 1.35 bits per heavy atom. The number of likely N-dealkylation sites (tertiary alicyclic amines) is 2. The first-order valence-electron chi connectivity index (χ1n) is 7.20. The Morgan fingerprint density at radius 3 is 2.95 bits per heavy atom. The molecule has 2 aliphatic rings. The second kappa shape index (κ2) is 5.65. The number of rotatable bonds is 2. The highest BCUT2D eigenvalue weighted by atomic mass is 32.1. The number of nitrogens with zero attached hydrogens (tertiary/aromatic N) is 4. The molecule has 1 amide bonds. The van der Waals surface area contributed by atoms with E-state index in [2.05, 4.69) is 27.5 Å². The molecule has 0 spiro atoms. The highest BCUT2D eigenvalue weighted by Gasteiger charge is 2.36. The molecule has 1 aromatic heterocycles. The van der Waals surface area contributed by atoms with Gasteiger partial charge < -0.3 is 15.1 Å². The van der Waals surface area contributed by atoms with Crippen LogP contribution in [0.25, 0.3) is 0 Å². The zero-order valence-electron chi connectivity index (χ0n) is 12.0. The minimum absolute atomic E-state index is 0.0377. The van der Waals surface area contributed by atoms with Gasteiger partial charge in [-0.15, -0.1) is 10.2 Å². The molecule has 0 aliphatic carbocycles. The summed E-state index contributed by atoms with van der Waals surface area (Å²) in [5.41, 5.74) is 0. The molecular formula is C13H21N5OS. The van der Waals surface area contributed by atoms with Crippen molar-refractivity contribution < 1.29 is 4.79 Å². The van der Waals surface area contributed by atoms with Crippen molar-refractivity contribution in [2.24, 2.45) is 5.92 Å². The average molecular weight is 295 g/mol. The van der Waals surface area contributed by atoms with Gasteiger partial charge in [-0.2, -0.15) is 0 Å². The number of amides is 1. The van der Waals surface area contributed by atoms with Gasteiger partial charge in [-0.25, -0.2) is 0 Å². The predicted octanol–water partition coefficient (Wildman–Crippen LogP) is 1.14. The van der Waals surface area contributed by atoms with Gasteiger partial charge >= 0.3 is 0 Å². The van der Waals surface area contributed by atoms with Crippen molar-refractivity contribution in [1.82, 2.24) is 20.0 Å². The van der Waals surface area contributed by atoms with E-state index in [9.17, 15) is 4.79 Å². The van der Waals surface area contributed by atoms with E-state index in [1.165, 1.54) is 30.7 Å². The Kier molecular flexibility index (Phi) is 3.89. The highest BCUT2D eigenvalue weighted by Crippen LogP contribution is 2.30. The summed E-state index contributed by atoms with van der Waals surface area (Å²) >= 11 is 1.33. The van der Waals surface area contributed by atoms with Crippen molar-refractivity contribution in [3.63, 3.8) is 0 Å². The molecule has 6 nitrogen and oxygen atoms in total. The molecule has 7 heteroatoms. The first-order chi connectivity index (χ1) is 9.69. The van der Waals surface area contributed by atoms with Crippen LogP contribution in [0.5, 0.6) is 0 Å². The van der Waals surface area contributed by atoms with E-state index in [0.717, 1.165) is 19.5 Å². The van der Waals surface area contributed by atoms with Crippen LogP contribution in [-0.2, 0) is 0 Å². The maximum atomic E-state index is 12.5. The standard InChI is InChI=1S/C13H21N5OS/c1-14-13-16-15-11(20-13)12(19)18-7-5-10-9(8-18)4-3-6-17(10)2/h9-10H,3-8H2,1-2H3,(H,14,16). The first-order valence-corrected chi connectivity index (χ1v) is 8.01. The molecular weight excluding hydrogens is 274 g/mol. The van der Waals surface area contributed by atoms with E-state index >= 15 is 0 Å². The number of carbonyl (C=O) groups excluding carboxylic acids is 1. The summed E-state index contributed by atoms with van der Waals surface area (Å²) in [6, 6.07) is 0.648. The summed E-state index contributed by atoms with van der Waals surface area (Å²) in [6.07, 6.45) is 3.55. The maximum absolute atomic E-state index is 12.5. The van der Waals surface area contributed by atoms with Gasteiger partial charge in [0.05, 0.1) is 0 Å². The van der Waals surface area contributed by atoms with Gasteiger partial charge in [0.25, 0.3) is 5.91 Å². The van der Waals surface area contributed by atoms with Crippen LogP contribution in [0.1, 0.15) is 29.1 Å². The van der Waals surface area contributed by atoms with Gasteiger partial charge in [0.1, 0.15) is 0 Å². The normalized spacial score (nSPS) is 27.2. The second-order valence-corrected chi connectivity index (χ2v) is 6.63. The van der Waals surface area contributed by atoms with Crippen LogP contribution in [0.2, 0.25) is 0 Å². The van der Waals surface area contributed by atoms with Crippen LogP contribution >= 0.6 is 11.3 Å². The number of carbonyl (C=O) groups is 1. The number of hydrogen-bond donors (Lipinski definition) is 1. The van der Waals surface area contributed by atoms with Gasteiger partial charge in [-0.3, -0.25) is 4.79 Å². The first kappa shape index (κ1) is 13.8. The summed E-state index contributed by atoms with van der Waals surface area (Å²) in [7, 11) is 4.00. The highest BCUT2D eigenvalue weighted by molar-refractivity contribution is 7.17. The molecule has 0 aromatic carbocycles. The molecule has 0 radical (unpaired) electrons. The van der Waals surface area contributed by atoms with Gasteiger partial charge in [-0.05, 0) is 38.8 Å². The lowest BCUT2D eigenvalue weighted by Crippen LogP contribution is -2.53. The van der Waals surface area contributed by atoms with Crippen LogP contribution in [0, 0.1) is 5.92 Å². The summed E-state index contributed by atoms with van der Waals surface area (Å²) in [5.74, 6) is 0.652. The summed E-state index contributed by atoms with van der Waals surface area (Å²) in [5, 5.41) is 12.0. The number of aromatic nitrogens is 2. The Bertz CT molecular complexity index is 491. The zero-order chi connectivity index (χ0) is 14.1. The number of piperidine rings is 2. The van der Waals surface area contributed by atoms with Crippen molar-refractivity contribution in [3.8, 4) is 0 Å². The molecule has 3 heterocycles. The topological polar surface area (TPSA) is 61.4 Å². The molecule has 2 saturated heterocycles. The molecule has 1 N–H and O–H groups in total. The van der Waals surface area contributed by atoms with Crippen molar-refractivity contribution in [1.29, 1.82) is 0 Å². The van der Waals surface area contributed by atoms with Gasteiger partial charge in [0.2, 0.25) is 10.1 Å². The van der Waals surface area contributed by atoms with Crippen LogP contribution in [-0.4, -0.2) is 65.7 Å². The molecule has 2 unspecified atom stereocenters. The van der Waals surface area contributed by atoms with Crippen LogP contribution < -0.4 is 5.32 Å². The SMILES string of the molecule is CNc1nnc(C(=O)N2CCC3C(CCCN3C)C2)s1. The molecule has 2 atom stereocenters. The Labute approximate surface area is 123 Å². The Morgan fingerprint density at radius 2 is 2.20 bits per heavy atom. The summed E-state index contributed by atoms with van der Waals surface area (Å²) in [6.45, 7) is 2.89. The number of nitrogens with one attached hydrogen (secondary N) is 1. The lowest BCUT2D eigenvalue weighted by atomic mass is 9.84. The summed E-state index contributed by atoms with van der Waals surface area (Å²) < 4.78 is 0. The molecule has 110 valence electrons. The molecule has 2 fully saturated rings. The zero-order valence-corrected chi connectivity index (χ0v) is 12.8. The third kappa shape index (κ3) is 2.52. The fourth-order valence-corrected chi connectivity index (χ4v) is 4.05. The molecule has 1 aromatic rings. The number of hydrogen-bond acceptors (Lipinski definition) is 6. The van der Waals surface area contributed by atoms with Crippen molar-refractivity contribution in [2.75, 3.05) is 39.0 Å². The Hall–Kier alpha value is -1.21. The molecule has 0 saturated carbocycles. The Balaban J connectivity index is 1.68. The van der Waals surface area contributed by atoms with Gasteiger partial charge in [0, 0.05) is 26.2 Å². The third-order valence-corrected chi connectivity index (χ3v) is 5.38. The molecule has 3 rings (SSSR count). The number of fused-ring (bicyclic) bond motifs is 1. The fourth-order valence-electron chi connectivity index (χ4n) is 3.38. The van der Waals surface area contributed by atoms with Crippen molar-refractivity contribution in [3.05, 3.63) is 5.01 Å². The largest absolute Gasteiger partial charge is 0.363 e. The van der Waals surface area contributed by atoms with E-state index in [-0.39, 0.29) is 5.91 Å². The van der Waals surface area contributed by atoms with E-state index in [1.807, 2.05) is 4.90 Å². The van der Waals surface area contributed by atoms with Crippen LogP contribution in [0.15, 0.2) is 0 Å². The summed E-state index contributed by atoms with van der Waals surface area (Å²) in [4.78, 5) is 16.9. The minimum atomic E-state index is 0.0377. The lowest BCUT2D eigenvalue weighted by molar-refractivity contribution is 0.0316. The second-order valence-electron chi connectivity index (χ2n) is 5.65. The molecule has 0 bridgehead atoms. The maximum Gasteiger partial charge on any atom is 0.284 e. The monoisotopic (exact) mass is 295 g/mol. The molecule has 2 aliphatic heterocycles. The van der Waals surface area contributed by atoms with E-state index in [4.69, 9.17) is 0 Å². The minimum Gasteiger partial charge on any atom is -0.363 e. The fraction of sp³-hybridized carbons (Fsp3) is 0.769. The third-order valence-electron chi connectivity index (χ3n) is 4.45. The predicted molar refractivity (Wildman–Crippen MR) is 79.1 cm³/mol. The van der Waals surface area contributed by atoms with E-state index in [0.29, 0.717) is 22.1 Å². The van der Waals surface area contributed by atoms with Gasteiger partial charge in [-0.1, -0.05) is 11.3 Å².